The van der Waals surface area contributed by atoms with E-state index in [1.54, 1.807) is 19.0 Å². The molecular weight excluding hydrogens is 395 g/mol. The van der Waals surface area contributed by atoms with Crippen LogP contribution in [0.5, 0.6) is 0 Å². The first kappa shape index (κ1) is 23.1. The van der Waals surface area contributed by atoms with E-state index in [9.17, 15) is 18.0 Å². The van der Waals surface area contributed by atoms with Crippen molar-refractivity contribution in [3.8, 4) is 0 Å². The summed E-state index contributed by atoms with van der Waals surface area (Å²) < 4.78 is 43.0. The van der Waals surface area contributed by atoms with Gasteiger partial charge in [-0.15, -0.1) is 0 Å². The number of hydrogen-bond donors (Lipinski definition) is 1. The van der Waals surface area contributed by atoms with Gasteiger partial charge in [0.1, 0.15) is 11.9 Å². The van der Waals surface area contributed by atoms with Crippen LogP contribution in [0.4, 0.5) is 13.2 Å². The molecule has 2 aliphatic heterocycles. The molecule has 0 radical (unpaired) electrons. The number of likely N-dealkylation sites (N-methyl/N-ethyl adjacent to an activating group) is 1. The van der Waals surface area contributed by atoms with Crippen molar-refractivity contribution in [2.45, 2.75) is 51.6 Å². The van der Waals surface area contributed by atoms with Gasteiger partial charge in [-0.1, -0.05) is 5.16 Å². The lowest BCUT2D eigenvalue weighted by atomic mass is 9.91. The Hall–Kier alpha value is -2.14. The predicted octanol–water partition coefficient (Wildman–Crippen LogP) is 1.99. The summed E-state index contributed by atoms with van der Waals surface area (Å²) in [4.78, 5) is 25.0. The number of nitrogens with zero attached hydrogens (tertiary/aromatic N) is 3. The molecule has 164 valence electrons. The highest BCUT2D eigenvalue weighted by Crippen LogP contribution is 2.34. The highest BCUT2D eigenvalue weighted by Gasteiger charge is 2.42. The zero-order valence-corrected chi connectivity index (χ0v) is 16.8. The number of aromatic nitrogens is 1. The lowest BCUT2D eigenvalue weighted by molar-refractivity contribution is -0.192. The number of piperidine rings is 1. The fourth-order valence-corrected chi connectivity index (χ4v) is 3.54. The first-order valence-corrected chi connectivity index (χ1v) is 9.21. The Bertz CT molecular complexity index is 715. The number of carbonyl (C=O) groups excluding carboxylic acids is 1. The molecule has 2 saturated heterocycles. The molecule has 1 aromatic heterocycles. The molecule has 1 N–H and O–H groups in total. The third-order valence-corrected chi connectivity index (χ3v) is 5.16. The lowest BCUT2D eigenvalue weighted by Crippen LogP contribution is -2.42. The Labute approximate surface area is 166 Å². The maximum atomic E-state index is 12.1. The van der Waals surface area contributed by atoms with E-state index in [2.05, 4.69) is 10.1 Å². The second-order valence-corrected chi connectivity index (χ2v) is 7.52. The summed E-state index contributed by atoms with van der Waals surface area (Å²) in [5.74, 6) is -1.26. The van der Waals surface area contributed by atoms with E-state index in [1.165, 1.54) is 5.56 Å². The molecule has 2 aliphatic rings. The molecule has 3 rings (SSSR count). The second-order valence-electron chi connectivity index (χ2n) is 7.52. The molecule has 0 bridgehead atoms. The van der Waals surface area contributed by atoms with Gasteiger partial charge in [-0.3, -0.25) is 9.69 Å². The summed E-state index contributed by atoms with van der Waals surface area (Å²) in [5.41, 5.74) is 2.14. The topological polar surface area (TPSA) is 96.1 Å². The van der Waals surface area contributed by atoms with Crippen molar-refractivity contribution in [3.05, 3.63) is 17.0 Å². The van der Waals surface area contributed by atoms with Gasteiger partial charge in [-0.25, -0.2) is 4.79 Å². The molecule has 3 heterocycles. The number of aliphatic carboxylic acids is 1. The molecule has 0 unspecified atom stereocenters. The SMILES string of the molecule is Cc1noc(C)c1CN1CC[C@H]2C[C@H](C(=O)N(C)C)O[C@H]2C1.O=C(O)C(F)(F)F. The minimum absolute atomic E-state index is 0.0895. The number of carboxylic acids is 1. The van der Waals surface area contributed by atoms with Crippen molar-refractivity contribution < 1.29 is 37.1 Å². The third kappa shape index (κ3) is 5.92. The predicted molar refractivity (Wildman–Crippen MR) is 95.0 cm³/mol. The Morgan fingerprint density at radius 2 is 1.93 bits per heavy atom. The number of alkyl halides is 3. The minimum Gasteiger partial charge on any atom is -0.475 e. The van der Waals surface area contributed by atoms with E-state index in [1.807, 2.05) is 13.8 Å². The fourth-order valence-electron chi connectivity index (χ4n) is 3.54. The van der Waals surface area contributed by atoms with Crippen LogP contribution >= 0.6 is 0 Å². The second kappa shape index (κ2) is 9.12. The average molecular weight is 421 g/mol. The molecule has 1 amide bonds. The van der Waals surface area contributed by atoms with E-state index < -0.39 is 12.1 Å². The van der Waals surface area contributed by atoms with Crippen LogP contribution in [-0.2, 0) is 20.9 Å². The maximum Gasteiger partial charge on any atom is 0.490 e. The first-order valence-electron chi connectivity index (χ1n) is 9.21. The van der Waals surface area contributed by atoms with Gasteiger partial charge in [0, 0.05) is 32.7 Å². The summed E-state index contributed by atoms with van der Waals surface area (Å²) in [6.07, 6.45) is -3.22. The van der Waals surface area contributed by atoms with Crippen molar-refractivity contribution in [2.24, 2.45) is 5.92 Å². The smallest absolute Gasteiger partial charge is 0.475 e. The summed E-state index contributed by atoms with van der Waals surface area (Å²) in [7, 11) is 3.58. The Kier molecular flexibility index (Phi) is 7.28. The molecule has 2 fully saturated rings. The normalized spacial score (nSPS) is 24.4. The van der Waals surface area contributed by atoms with E-state index in [0.29, 0.717) is 5.92 Å². The van der Waals surface area contributed by atoms with Crippen molar-refractivity contribution in [3.63, 3.8) is 0 Å². The molecule has 1 aromatic rings. The van der Waals surface area contributed by atoms with Crippen molar-refractivity contribution >= 4 is 11.9 Å². The van der Waals surface area contributed by atoms with E-state index in [-0.39, 0.29) is 18.1 Å². The molecule has 29 heavy (non-hydrogen) atoms. The van der Waals surface area contributed by atoms with Crippen LogP contribution in [-0.4, -0.2) is 77.5 Å². The number of likely N-dealkylation sites (tertiary alicyclic amines) is 1. The number of aryl methyl sites for hydroxylation is 2. The summed E-state index contributed by atoms with van der Waals surface area (Å²) in [6, 6.07) is 0. The molecular formula is C18H26F3N3O5. The number of carbonyl (C=O) groups is 2. The molecule has 0 spiro atoms. The average Bonchev–Trinajstić information content (AvgIpc) is 3.18. The van der Waals surface area contributed by atoms with E-state index in [0.717, 1.165) is 43.9 Å². The Balaban J connectivity index is 0.000000370. The van der Waals surface area contributed by atoms with Crippen LogP contribution in [0.2, 0.25) is 0 Å². The van der Waals surface area contributed by atoms with Gasteiger partial charge in [-0.2, -0.15) is 13.2 Å². The molecule has 8 nitrogen and oxygen atoms in total. The van der Waals surface area contributed by atoms with Crippen molar-refractivity contribution in [1.29, 1.82) is 0 Å². The zero-order valence-electron chi connectivity index (χ0n) is 16.8. The molecule has 3 atom stereocenters. The molecule has 0 aliphatic carbocycles. The molecule has 11 heteroatoms. The number of amides is 1. The number of ether oxygens (including phenoxy) is 1. The van der Waals surface area contributed by atoms with Crippen LogP contribution in [0.25, 0.3) is 0 Å². The van der Waals surface area contributed by atoms with Gasteiger partial charge in [-0.05, 0) is 39.2 Å². The molecule has 0 aromatic carbocycles. The highest BCUT2D eigenvalue weighted by atomic mass is 19.4. The van der Waals surface area contributed by atoms with Gasteiger partial charge < -0.3 is 19.3 Å². The monoisotopic (exact) mass is 421 g/mol. The summed E-state index contributed by atoms with van der Waals surface area (Å²) in [5, 5.41) is 11.1. The number of halogens is 3. The van der Waals surface area contributed by atoms with Crippen molar-refractivity contribution in [1.82, 2.24) is 15.0 Å². The highest BCUT2D eigenvalue weighted by molar-refractivity contribution is 5.80. The maximum absolute atomic E-state index is 12.1. The van der Waals surface area contributed by atoms with Crippen LogP contribution in [0.1, 0.15) is 29.9 Å². The Morgan fingerprint density at radius 3 is 2.41 bits per heavy atom. The standard InChI is InChI=1S/C16H25N3O3.C2HF3O2/c1-10-13(11(2)22-17-10)8-19-6-5-12-7-14(16(20)18(3)4)21-15(12)9-19;3-2(4,5)1(6)7/h12,14-15H,5-9H2,1-4H3;(H,6,7)/t12-,14+,15-;/m0./s1. The molecule has 0 saturated carbocycles. The lowest BCUT2D eigenvalue weighted by Gasteiger charge is -2.33. The van der Waals surface area contributed by atoms with Gasteiger partial charge in [0.05, 0.1) is 11.8 Å². The van der Waals surface area contributed by atoms with Crippen LogP contribution in [0.15, 0.2) is 4.52 Å². The number of fused-ring (bicyclic) bond motifs is 1. The number of carboxylic acid groups (broad SMARTS) is 1. The largest absolute Gasteiger partial charge is 0.490 e. The fraction of sp³-hybridized carbons (Fsp3) is 0.722. The third-order valence-electron chi connectivity index (χ3n) is 5.16. The van der Waals surface area contributed by atoms with E-state index >= 15 is 0 Å². The van der Waals surface area contributed by atoms with Gasteiger partial charge >= 0.3 is 12.1 Å². The van der Waals surface area contributed by atoms with Gasteiger partial charge in [0.25, 0.3) is 5.91 Å². The van der Waals surface area contributed by atoms with Gasteiger partial charge in [0.15, 0.2) is 0 Å². The summed E-state index contributed by atoms with van der Waals surface area (Å²) in [6.45, 7) is 6.71. The van der Waals surface area contributed by atoms with Crippen molar-refractivity contribution in [2.75, 3.05) is 27.2 Å². The zero-order chi connectivity index (χ0) is 21.9. The van der Waals surface area contributed by atoms with Gasteiger partial charge in [0.2, 0.25) is 0 Å². The van der Waals surface area contributed by atoms with Crippen LogP contribution in [0.3, 0.4) is 0 Å². The summed E-state index contributed by atoms with van der Waals surface area (Å²) >= 11 is 0. The first-order chi connectivity index (χ1) is 13.4. The van der Waals surface area contributed by atoms with Crippen LogP contribution < -0.4 is 0 Å². The van der Waals surface area contributed by atoms with E-state index in [4.69, 9.17) is 19.2 Å². The Morgan fingerprint density at radius 1 is 1.31 bits per heavy atom. The number of hydrogen-bond acceptors (Lipinski definition) is 6. The minimum atomic E-state index is -5.08. The quantitative estimate of drug-likeness (QED) is 0.797. The number of rotatable bonds is 3. The van der Waals surface area contributed by atoms with Crippen LogP contribution in [0, 0.1) is 19.8 Å².